The van der Waals surface area contributed by atoms with Crippen LogP contribution in [0.2, 0.25) is 10.0 Å². The van der Waals surface area contributed by atoms with E-state index in [-0.39, 0.29) is 5.84 Å². The molecule has 0 unspecified atom stereocenters. The van der Waals surface area contributed by atoms with Crippen molar-refractivity contribution in [1.29, 1.82) is 10.8 Å². The first-order chi connectivity index (χ1) is 18.0. The van der Waals surface area contributed by atoms with E-state index in [1.807, 2.05) is 91.0 Å². The number of amidine groups is 2. The van der Waals surface area contributed by atoms with Crippen molar-refractivity contribution in [3.05, 3.63) is 129 Å². The minimum Gasteiger partial charge on any atom is -0.366 e. The monoisotopic (exact) mass is 529 g/mol. The summed E-state index contributed by atoms with van der Waals surface area (Å²) in [6, 6.07) is 29.6. The molecule has 186 valence electrons. The first kappa shape index (κ1) is 25.9. The van der Waals surface area contributed by atoms with Gasteiger partial charge >= 0.3 is 0 Å². The molecule has 0 radical (unpaired) electrons. The number of halogens is 2. The van der Waals surface area contributed by atoms with Gasteiger partial charge in [0, 0.05) is 34.3 Å². The molecule has 5 N–H and O–H groups in total. The van der Waals surface area contributed by atoms with Crippen molar-refractivity contribution in [3.63, 3.8) is 0 Å². The highest BCUT2D eigenvalue weighted by atomic mass is 35.5. The van der Waals surface area contributed by atoms with Crippen LogP contribution >= 0.6 is 23.2 Å². The van der Waals surface area contributed by atoms with Crippen LogP contribution in [0.3, 0.4) is 0 Å². The van der Waals surface area contributed by atoms with Gasteiger partial charge in [-0.1, -0.05) is 77.0 Å². The molecule has 4 rings (SSSR count). The number of rotatable bonds is 9. The molecule has 0 heterocycles. The van der Waals surface area contributed by atoms with Crippen molar-refractivity contribution in [2.75, 3.05) is 5.43 Å². The van der Waals surface area contributed by atoms with Crippen LogP contribution in [0, 0.1) is 10.8 Å². The topological polar surface area (TPSA) is 109 Å². The maximum atomic E-state index is 8.34. The van der Waals surface area contributed by atoms with Crippen molar-refractivity contribution in [2.24, 2.45) is 10.3 Å². The van der Waals surface area contributed by atoms with E-state index in [1.54, 1.807) is 6.07 Å². The highest BCUT2D eigenvalue weighted by Crippen LogP contribution is 2.17. The van der Waals surface area contributed by atoms with Gasteiger partial charge in [0.15, 0.2) is 0 Å². The van der Waals surface area contributed by atoms with Crippen LogP contribution in [0.4, 0.5) is 11.4 Å². The molecule has 0 saturated carbocycles. The minimum atomic E-state index is 0.289. The number of hydrogen-bond donors (Lipinski definition) is 5. The third kappa shape index (κ3) is 7.90. The Morgan fingerprint density at radius 3 is 1.73 bits per heavy atom. The number of benzene rings is 4. The third-order valence-corrected chi connectivity index (χ3v) is 5.90. The molecule has 0 amide bonds. The van der Waals surface area contributed by atoms with Crippen molar-refractivity contribution in [3.8, 4) is 0 Å². The van der Waals surface area contributed by atoms with Crippen LogP contribution in [0.15, 0.2) is 107 Å². The quantitative estimate of drug-likeness (QED) is 0.0676. The highest BCUT2D eigenvalue weighted by molar-refractivity contribution is 6.30. The number of nitrogens with zero attached hydrogens (tertiary/aromatic N) is 2. The largest absolute Gasteiger partial charge is 0.366 e. The van der Waals surface area contributed by atoms with Gasteiger partial charge < -0.3 is 10.6 Å². The second-order valence-corrected chi connectivity index (χ2v) is 9.03. The van der Waals surface area contributed by atoms with Crippen LogP contribution in [-0.4, -0.2) is 11.7 Å². The Morgan fingerprint density at radius 1 is 0.649 bits per heavy atom. The second kappa shape index (κ2) is 12.7. The molecule has 4 aromatic carbocycles. The molecule has 0 aliphatic heterocycles. The summed E-state index contributed by atoms with van der Waals surface area (Å²) < 4.78 is 0. The summed E-state index contributed by atoms with van der Waals surface area (Å²) in [5.41, 5.74) is 7.70. The van der Waals surface area contributed by atoms with Crippen molar-refractivity contribution in [2.45, 2.75) is 13.1 Å². The van der Waals surface area contributed by atoms with E-state index >= 15 is 0 Å². The first-order valence-corrected chi connectivity index (χ1v) is 12.2. The van der Waals surface area contributed by atoms with Gasteiger partial charge in [-0.2, -0.15) is 0 Å². The fraction of sp³-hybridized carbons (Fsp3) is 0.0714. The maximum absolute atomic E-state index is 8.34. The van der Waals surface area contributed by atoms with E-state index in [4.69, 9.17) is 34.0 Å². The molecule has 4 aromatic rings. The molecule has 0 aliphatic carbocycles. The zero-order valence-corrected chi connectivity index (χ0v) is 21.3. The standard InChI is InChI=1S/C28H25Cl2N7/c29-23-11-7-19(8-12-23)17-33-27(31)21-3-1-5-25(15-21)35-37-36-26-6-2-4-22(16-26)28(32)34-18-20-9-13-24(30)14-10-20/h1-16H,17-18H2,(H2,31,33)(H2,32,34)(H,35,36). The molecule has 0 spiro atoms. The molecule has 0 saturated heterocycles. The van der Waals surface area contributed by atoms with E-state index < -0.39 is 0 Å². The summed E-state index contributed by atoms with van der Waals surface area (Å²) in [4.78, 5) is 0. The molecular weight excluding hydrogens is 505 g/mol. The third-order valence-electron chi connectivity index (χ3n) is 5.40. The molecule has 0 bridgehead atoms. The Balaban J connectivity index is 1.31. The summed E-state index contributed by atoms with van der Waals surface area (Å²) in [5, 5.41) is 32.6. The Kier molecular flexibility index (Phi) is 8.86. The normalized spacial score (nSPS) is 10.8. The fourth-order valence-corrected chi connectivity index (χ4v) is 3.65. The predicted molar refractivity (Wildman–Crippen MR) is 151 cm³/mol. The second-order valence-electron chi connectivity index (χ2n) is 8.15. The Bertz CT molecular complexity index is 1400. The van der Waals surface area contributed by atoms with Gasteiger partial charge in [0.05, 0.1) is 11.4 Å². The average molecular weight is 530 g/mol. The lowest BCUT2D eigenvalue weighted by atomic mass is 10.1. The molecule has 7 nitrogen and oxygen atoms in total. The highest BCUT2D eigenvalue weighted by Gasteiger charge is 2.04. The zero-order chi connectivity index (χ0) is 26.0. The van der Waals surface area contributed by atoms with Gasteiger partial charge in [-0.25, -0.2) is 0 Å². The number of nitrogens with one attached hydrogen (secondary N) is 5. The summed E-state index contributed by atoms with van der Waals surface area (Å²) in [5.74, 6) is 0.588. The molecule has 0 aliphatic rings. The van der Waals surface area contributed by atoms with Gasteiger partial charge in [-0.3, -0.25) is 16.2 Å². The molecule has 0 fully saturated rings. The Morgan fingerprint density at radius 2 is 1.16 bits per heavy atom. The smallest absolute Gasteiger partial charge is 0.125 e. The zero-order valence-electron chi connectivity index (χ0n) is 19.8. The van der Waals surface area contributed by atoms with E-state index in [1.165, 1.54) is 0 Å². The van der Waals surface area contributed by atoms with E-state index in [2.05, 4.69) is 26.4 Å². The average Bonchev–Trinajstić information content (AvgIpc) is 2.92. The van der Waals surface area contributed by atoms with Crippen LogP contribution in [0.1, 0.15) is 22.3 Å². The molecule has 0 aromatic heterocycles. The molecule has 37 heavy (non-hydrogen) atoms. The van der Waals surface area contributed by atoms with Crippen molar-refractivity contribution >= 4 is 46.2 Å². The lowest BCUT2D eigenvalue weighted by Gasteiger charge is -2.10. The molecule has 9 heteroatoms. The Labute approximate surface area is 225 Å². The van der Waals surface area contributed by atoms with Crippen LogP contribution in [-0.2, 0) is 13.1 Å². The van der Waals surface area contributed by atoms with Gasteiger partial charge in [0.25, 0.3) is 0 Å². The van der Waals surface area contributed by atoms with Crippen LogP contribution in [0.25, 0.3) is 0 Å². The van der Waals surface area contributed by atoms with Crippen molar-refractivity contribution < 1.29 is 0 Å². The SMILES string of the molecule is N=C(NCc1ccc(Cl)cc1)c1cccc(/N=N/Nc2cccc(C(=N)NCc3ccc(Cl)cc3)c2)c1. The lowest BCUT2D eigenvalue weighted by molar-refractivity contribution is 0.908. The summed E-state index contributed by atoms with van der Waals surface area (Å²) in [7, 11) is 0. The summed E-state index contributed by atoms with van der Waals surface area (Å²) in [6.45, 7) is 1.04. The van der Waals surface area contributed by atoms with Crippen LogP contribution in [0.5, 0.6) is 0 Å². The molecule has 0 atom stereocenters. The van der Waals surface area contributed by atoms with Gasteiger partial charge in [0.1, 0.15) is 11.7 Å². The van der Waals surface area contributed by atoms with Crippen LogP contribution < -0.4 is 16.1 Å². The van der Waals surface area contributed by atoms with E-state index in [9.17, 15) is 0 Å². The predicted octanol–water partition coefficient (Wildman–Crippen LogP) is 7.33. The number of anilines is 1. The minimum absolute atomic E-state index is 0.289. The van der Waals surface area contributed by atoms with Gasteiger partial charge in [0.2, 0.25) is 0 Å². The summed E-state index contributed by atoms with van der Waals surface area (Å²) in [6.07, 6.45) is 0. The number of hydrogen-bond acceptors (Lipinski definition) is 4. The fourth-order valence-electron chi connectivity index (χ4n) is 3.40. The van der Waals surface area contributed by atoms with E-state index in [0.717, 1.165) is 16.7 Å². The van der Waals surface area contributed by atoms with Gasteiger partial charge in [-0.05, 0) is 59.7 Å². The lowest BCUT2D eigenvalue weighted by Crippen LogP contribution is -2.22. The molecular formula is C28H25Cl2N7. The van der Waals surface area contributed by atoms with Crippen molar-refractivity contribution in [1.82, 2.24) is 10.6 Å². The maximum Gasteiger partial charge on any atom is 0.125 e. The summed E-state index contributed by atoms with van der Waals surface area (Å²) >= 11 is 11.9. The Hall–Kier alpha value is -4.20. The van der Waals surface area contributed by atoms with Gasteiger partial charge in [-0.15, -0.1) is 5.11 Å². The van der Waals surface area contributed by atoms with E-state index in [0.29, 0.717) is 45.9 Å². The first-order valence-electron chi connectivity index (χ1n) is 11.5.